The molecule has 0 radical (unpaired) electrons. The predicted octanol–water partition coefficient (Wildman–Crippen LogP) is 4.30. The molecule has 0 aromatic heterocycles. The Hall–Kier alpha value is -1.51. The maximum Gasteiger partial charge on any atom is 0.514 e. The first-order valence-electron chi connectivity index (χ1n) is 6.09. The van der Waals surface area contributed by atoms with Crippen molar-refractivity contribution >= 4 is 6.16 Å². The molecule has 18 heavy (non-hydrogen) atoms. The van der Waals surface area contributed by atoms with Gasteiger partial charge in [0.2, 0.25) is 0 Å². The van der Waals surface area contributed by atoms with Gasteiger partial charge in [-0.2, -0.15) is 0 Å². The van der Waals surface area contributed by atoms with E-state index in [1.165, 1.54) is 5.56 Å². The Morgan fingerprint density at radius 1 is 0.944 bits per heavy atom. The fourth-order valence-corrected chi connectivity index (χ4v) is 1.39. The van der Waals surface area contributed by atoms with Gasteiger partial charge in [0.25, 0.3) is 0 Å². The largest absolute Gasteiger partial charge is 0.514 e. The van der Waals surface area contributed by atoms with E-state index in [-0.39, 0.29) is 5.41 Å². The average Bonchev–Trinajstić information content (AvgIpc) is 2.13. The zero-order chi connectivity index (χ0) is 14.0. The third-order valence-electron chi connectivity index (χ3n) is 2.31. The first-order valence-corrected chi connectivity index (χ1v) is 6.09. The highest BCUT2D eigenvalue weighted by molar-refractivity contribution is 5.64. The normalized spacial score (nSPS) is 12.1. The molecular formula is C15H22O3. The zero-order valence-electron chi connectivity index (χ0n) is 12.0. The third-order valence-corrected chi connectivity index (χ3v) is 2.31. The van der Waals surface area contributed by atoms with Crippen LogP contribution < -0.4 is 4.74 Å². The summed E-state index contributed by atoms with van der Waals surface area (Å²) in [4.78, 5) is 11.5. The van der Waals surface area contributed by atoms with E-state index in [1.54, 1.807) is 32.9 Å². The van der Waals surface area contributed by atoms with Crippen molar-refractivity contribution in [3.05, 3.63) is 29.8 Å². The van der Waals surface area contributed by atoms with Gasteiger partial charge in [0, 0.05) is 0 Å². The smallest absolute Gasteiger partial charge is 0.428 e. The van der Waals surface area contributed by atoms with Crippen molar-refractivity contribution in [2.75, 3.05) is 0 Å². The Kier molecular flexibility index (Phi) is 4.05. The second kappa shape index (κ2) is 5.01. The van der Waals surface area contributed by atoms with Crippen LogP contribution in [0.4, 0.5) is 4.79 Å². The van der Waals surface area contributed by atoms with Crippen LogP contribution in [-0.4, -0.2) is 11.8 Å². The summed E-state index contributed by atoms with van der Waals surface area (Å²) in [5.41, 5.74) is 0.742. The summed E-state index contributed by atoms with van der Waals surface area (Å²) in [5.74, 6) is 0.497. The van der Waals surface area contributed by atoms with E-state index >= 15 is 0 Å². The lowest BCUT2D eigenvalue weighted by Crippen LogP contribution is -2.26. The minimum Gasteiger partial charge on any atom is -0.428 e. The second-order valence-corrected chi connectivity index (χ2v) is 6.34. The molecule has 0 unspecified atom stereocenters. The van der Waals surface area contributed by atoms with Gasteiger partial charge >= 0.3 is 6.16 Å². The standard InChI is InChI=1S/C15H22O3/c1-14(2,3)11-7-9-12(10-8-11)17-13(16)18-15(4,5)6/h7-10H,1-6H3. The van der Waals surface area contributed by atoms with Gasteiger partial charge in [0.1, 0.15) is 11.4 Å². The first-order chi connectivity index (χ1) is 8.08. The van der Waals surface area contributed by atoms with E-state index in [1.807, 2.05) is 12.1 Å². The molecule has 0 aliphatic heterocycles. The maximum absolute atomic E-state index is 11.5. The minimum atomic E-state index is -0.675. The van der Waals surface area contributed by atoms with E-state index in [0.717, 1.165) is 0 Å². The highest BCUT2D eigenvalue weighted by atomic mass is 16.7. The van der Waals surface area contributed by atoms with Gasteiger partial charge in [-0.1, -0.05) is 32.9 Å². The molecule has 0 fully saturated rings. The summed E-state index contributed by atoms with van der Waals surface area (Å²) in [6, 6.07) is 7.48. The van der Waals surface area contributed by atoms with Crippen LogP contribution in [0.15, 0.2) is 24.3 Å². The lowest BCUT2D eigenvalue weighted by Gasteiger charge is -2.20. The molecule has 0 atom stereocenters. The van der Waals surface area contributed by atoms with Gasteiger partial charge in [-0.25, -0.2) is 4.79 Å². The molecular weight excluding hydrogens is 228 g/mol. The van der Waals surface area contributed by atoms with E-state index in [9.17, 15) is 4.79 Å². The molecule has 0 aliphatic carbocycles. The number of ether oxygens (including phenoxy) is 2. The van der Waals surface area contributed by atoms with Crippen LogP contribution in [0, 0.1) is 0 Å². The molecule has 0 N–H and O–H groups in total. The summed E-state index contributed by atoms with van der Waals surface area (Å²) in [6.07, 6.45) is -0.675. The monoisotopic (exact) mass is 250 g/mol. The van der Waals surface area contributed by atoms with Gasteiger partial charge in [-0.05, 0) is 43.9 Å². The number of benzene rings is 1. The van der Waals surface area contributed by atoms with Crippen LogP contribution in [0.25, 0.3) is 0 Å². The van der Waals surface area contributed by atoms with E-state index in [4.69, 9.17) is 9.47 Å². The molecule has 3 heteroatoms. The SMILES string of the molecule is CC(C)(C)OC(=O)Oc1ccc(C(C)(C)C)cc1. The third kappa shape index (κ3) is 4.78. The van der Waals surface area contributed by atoms with Gasteiger partial charge in [-0.15, -0.1) is 0 Å². The Labute approximate surface area is 109 Å². The van der Waals surface area contributed by atoms with Crippen LogP contribution in [-0.2, 0) is 10.2 Å². The Bertz CT molecular complexity index is 405. The highest BCUT2D eigenvalue weighted by Crippen LogP contribution is 2.24. The molecule has 100 valence electrons. The molecule has 1 rings (SSSR count). The molecule has 0 saturated heterocycles. The molecule has 0 spiro atoms. The minimum absolute atomic E-state index is 0.0877. The molecule has 0 bridgehead atoms. The van der Waals surface area contributed by atoms with Crippen LogP contribution in [0.2, 0.25) is 0 Å². The van der Waals surface area contributed by atoms with Crippen molar-refractivity contribution in [2.45, 2.75) is 52.6 Å². The molecule has 0 saturated carbocycles. The zero-order valence-corrected chi connectivity index (χ0v) is 12.0. The lowest BCUT2D eigenvalue weighted by atomic mass is 9.87. The molecule has 1 aromatic carbocycles. The van der Waals surface area contributed by atoms with Gasteiger partial charge in [-0.3, -0.25) is 0 Å². The van der Waals surface area contributed by atoms with Crippen LogP contribution in [0.3, 0.4) is 0 Å². The van der Waals surface area contributed by atoms with Crippen molar-refractivity contribution in [3.8, 4) is 5.75 Å². The first kappa shape index (κ1) is 14.6. The molecule has 1 aromatic rings. The Morgan fingerprint density at radius 2 is 1.44 bits per heavy atom. The Balaban J connectivity index is 2.67. The maximum atomic E-state index is 11.5. The highest BCUT2D eigenvalue weighted by Gasteiger charge is 2.18. The van der Waals surface area contributed by atoms with Crippen molar-refractivity contribution < 1.29 is 14.3 Å². The molecule has 3 nitrogen and oxygen atoms in total. The fraction of sp³-hybridized carbons (Fsp3) is 0.533. The summed E-state index contributed by atoms with van der Waals surface area (Å²) < 4.78 is 10.2. The van der Waals surface area contributed by atoms with Crippen molar-refractivity contribution in [2.24, 2.45) is 0 Å². The summed E-state index contributed by atoms with van der Waals surface area (Å²) in [5, 5.41) is 0. The fourth-order valence-electron chi connectivity index (χ4n) is 1.39. The van der Waals surface area contributed by atoms with Gasteiger partial charge in [0.05, 0.1) is 0 Å². The predicted molar refractivity (Wildman–Crippen MR) is 72.0 cm³/mol. The number of carbonyl (C=O) groups excluding carboxylic acids is 1. The van der Waals surface area contributed by atoms with E-state index in [2.05, 4.69) is 20.8 Å². The van der Waals surface area contributed by atoms with Crippen molar-refractivity contribution in [1.82, 2.24) is 0 Å². The van der Waals surface area contributed by atoms with Gasteiger partial charge in [0.15, 0.2) is 0 Å². The van der Waals surface area contributed by atoms with Crippen LogP contribution in [0.5, 0.6) is 5.75 Å². The van der Waals surface area contributed by atoms with Crippen LogP contribution in [0.1, 0.15) is 47.1 Å². The molecule has 0 aliphatic rings. The number of carbonyl (C=O) groups is 1. The summed E-state index contributed by atoms with van der Waals surface area (Å²) >= 11 is 0. The van der Waals surface area contributed by atoms with E-state index < -0.39 is 11.8 Å². The quantitative estimate of drug-likeness (QED) is 0.550. The van der Waals surface area contributed by atoms with Crippen LogP contribution >= 0.6 is 0 Å². The average molecular weight is 250 g/mol. The van der Waals surface area contributed by atoms with Gasteiger partial charge < -0.3 is 9.47 Å². The number of rotatable bonds is 1. The Morgan fingerprint density at radius 3 is 1.83 bits per heavy atom. The van der Waals surface area contributed by atoms with E-state index in [0.29, 0.717) is 5.75 Å². The number of hydrogen-bond donors (Lipinski definition) is 0. The molecule has 0 heterocycles. The summed E-state index contributed by atoms with van der Waals surface area (Å²) in [7, 11) is 0. The molecule has 0 amide bonds. The topological polar surface area (TPSA) is 35.5 Å². The van der Waals surface area contributed by atoms with Crippen molar-refractivity contribution in [1.29, 1.82) is 0 Å². The second-order valence-electron chi connectivity index (χ2n) is 6.34. The lowest BCUT2D eigenvalue weighted by molar-refractivity contribution is 0.0206. The van der Waals surface area contributed by atoms with Crippen molar-refractivity contribution in [3.63, 3.8) is 0 Å². The number of hydrogen-bond acceptors (Lipinski definition) is 3. The summed E-state index contributed by atoms with van der Waals surface area (Å²) in [6.45, 7) is 11.8.